The maximum atomic E-state index is 11.2. The molecule has 1 fully saturated rings. The summed E-state index contributed by atoms with van der Waals surface area (Å²) in [7, 11) is 2.27. The van der Waals surface area contributed by atoms with Gasteiger partial charge >= 0.3 is 11.9 Å². The Morgan fingerprint density at radius 2 is 1.50 bits per heavy atom. The number of esters is 2. The van der Waals surface area contributed by atoms with Crippen LogP contribution in [0.2, 0.25) is 0 Å². The van der Waals surface area contributed by atoms with Crippen LogP contribution in [0.25, 0.3) is 0 Å². The largest absolute Gasteiger partial charge is 0.469 e. The summed E-state index contributed by atoms with van der Waals surface area (Å²) >= 11 is 0. The Morgan fingerprint density at radius 3 is 1.67 bits per heavy atom. The molecule has 1 aliphatic carbocycles. The van der Waals surface area contributed by atoms with Crippen molar-refractivity contribution in [1.29, 1.82) is 0 Å². The summed E-state index contributed by atoms with van der Waals surface area (Å²) in [5, 5.41) is 0. The summed E-state index contributed by atoms with van der Waals surface area (Å²) in [6.07, 6.45) is 0.302. The third-order valence-corrected chi connectivity index (χ3v) is 1.85. The first-order valence-corrected chi connectivity index (χ1v) is 3.59. The van der Waals surface area contributed by atoms with E-state index in [-0.39, 0.29) is 12.8 Å². The van der Waals surface area contributed by atoms with Gasteiger partial charge in [0.2, 0.25) is 0 Å². The third kappa shape index (κ3) is 1.42. The molecule has 1 aliphatic rings. The Balaban J connectivity index is 2.93. The van der Waals surface area contributed by atoms with E-state index < -0.39 is 23.7 Å². The molecular formula is C8H12O4. The lowest BCUT2D eigenvalue weighted by molar-refractivity contribution is -0.164. The van der Waals surface area contributed by atoms with Crippen molar-refractivity contribution in [3.8, 4) is 0 Å². The Hall–Kier alpha value is -1.06. The van der Waals surface area contributed by atoms with Gasteiger partial charge in [0.25, 0.3) is 0 Å². The fourth-order valence-electron chi connectivity index (χ4n) is 1.07. The summed E-state index contributed by atoms with van der Waals surface area (Å²) in [6, 6.07) is 0. The van der Waals surface area contributed by atoms with Crippen LogP contribution < -0.4 is 0 Å². The molecule has 4 heteroatoms. The zero-order valence-corrected chi connectivity index (χ0v) is 7.05. The molecular weight excluding hydrogens is 160 g/mol. The second-order valence-corrected chi connectivity index (χ2v) is 2.44. The van der Waals surface area contributed by atoms with E-state index >= 15 is 0 Å². The molecule has 2 atom stereocenters. The smallest absolute Gasteiger partial charge is 0.309 e. The van der Waals surface area contributed by atoms with Crippen molar-refractivity contribution in [3.63, 3.8) is 0 Å². The maximum absolute atomic E-state index is 11.2. The lowest BCUT2D eigenvalue weighted by Crippen LogP contribution is -2.39. The minimum atomic E-state index is -1.81. The van der Waals surface area contributed by atoms with E-state index in [1.165, 1.54) is 0 Å². The molecule has 1 rings (SSSR count). The molecule has 0 amide bonds. The summed E-state index contributed by atoms with van der Waals surface area (Å²) in [6.45, 7) is 0. The van der Waals surface area contributed by atoms with Crippen LogP contribution in [-0.2, 0) is 19.1 Å². The number of rotatable bonds is 2. The normalized spacial score (nSPS) is 41.8. The van der Waals surface area contributed by atoms with Gasteiger partial charge in [0.05, 0.1) is 26.0 Å². The van der Waals surface area contributed by atoms with Crippen molar-refractivity contribution >= 4 is 11.9 Å². The first-order chi connectivity index (χ1) is 6.42. The lowest BCUT2D eigenvalue weighted by atomic mass is 9.74. The van der Waals surface area contributed by atoms with E-state index in [0.717, 1.165) is 14.2 Å². The average molecular weight is 174 g/mol. The number of methoxy groups -OCH3 is 2. The molecule has 68 valence electrons. The number of ether oxygens (including phenoxy) is 2. The minimum absolute atomic E-state index is 0.151. The predicted octanol–water partition coefficient (Wildman–Crippen LogP) is 0.359. The van der Waals surface area contributed by atoms with Crippen LogP contribution in [0, 0.1) is 11.8 Å². The molecule has 0 N–H and O–H groups in total. The van der Waals surface area contributed by atoms with Gasteiger partial charge < -0.3 is 9.47 Å². The zero-order valence-electron chi connectivity index (χ0n) is 9.05. The second kappa shape index (κ2) is 3.56. The van der Waals surface area contributed by atoms with Crippen LogP contribution in [0.4, 0.5) is 0 Å². The first-order valence-electron chi connectivity index (χ1n) is 4.59. The van der Waals surface area contributed by atoms with E-state index in [9.17, 15) is 9.59 Å². The van der Waals surface area contributed by atoms with Gasteiger partial charge in [-0.05, 0) is 12.8 Å². The highest BCUT2D eigenvalue weighted by atomic mass is 16.5. The SMILES string of the molecule is [2H]C1(C(=O)OC)CCC1([2H])C(=O)OC. The first kappa shape index (κ1) is 6.46. The Morgan fingerprint density at radius 1 is 1.17 bits per heavy atom. The minimum Gasteiger partial charge on any atom is -0.469 e. The lowest BCUT2D eigenvalue weighted by Gasteiger charge is -2.31. The predicted molar refractivity (Wildman–Crippen MR) is 40.2 cm³/mol. The molecule has 2 unspecified atom stereocenters. The maximum Gasteiger partial charge on any atom is 0.309 e. The molecule has 0 aliphatic heterocycles. The Labute approximate surface area is 73.6 Å². The Bertz CT molecular complexity index is 253. The standard InChI is InChI=1S/C8H12O4/c1-11-7(9)5-3-4-6(5)8(10)12-2/h5-6H,3-4H2,1-2H3/i5D,6D. The van der Waals surface area contributed by atoms with Gasteiger partial charge in [-0.1, -0.05) is 0 Å². The van der Waals surface area contributed by atoms with Gasteiger partial charge in [-0.2, -0.15) is 0 Å². The van der Waals surface area contributed by atoms with Crippen LogP contribution in [0.5, 0.6) is 0 Å². The molecule has 0 saturated heterocycles. The van der Waals surface area contributed by atoms with Gasteiger partial charge in [-0.25, -0.2) is 0 Å². The fourth-order valence-corrected chi connectivity index (χ4v) is 1.07. The molecule has 0 aromatic heterocycles. The van der Waals surface area contributed by atoms with Crippen molar-refractivity contribution in [1.82, 2.24) is 0 Å². The van der Waals surface area contributed by atoms with Gasteiger partial charge in [-0.3, -0.25) is 9.59 Å². The second-order valence-electron chi connectivity index (χ2n) is 2.44. The quantitative estimate of drug-likeness (QED) is 0.567. The van der Waals surface area contributed by atoms with E-state index in [4.69, 9.17) is 2.74 Å². The van der Waals surface area contributed by atoms with Crippen LogP contribution in [-0.4, -0.2) is 26.2 Å². The molecule has 0 aromatic rings. The molecule has 0 spiro atoms. The fraction of sp³-hybridized carbons (Fsp3) is 0.750. The number of carbonyl (C=O) groups is 2. The molecule has 0 heterocycles. The van der Waals surface area contributed by atoms with Crippen LogP contribution in [0.3, 0.4) is 0 Å². The third-order valence-electron chi connectivity index (χ3n) is 1.85. The number of hydrogen-bond donors (Lipinski definition) is 0. The van der Waals surface area contributed by atoms with Gasteiger partial charge in [0, 0.05) is 2.74 Å². The number of carbonyl (C=O) groups excluding carboxylic acids is 2. The van der Waals surface area contributed by atoms with Crippen molar-refractivity contribution < 1.29 is 21.8 Å². The van der Waals surface area contributed by atoms with E-state index in [1.54, 1.807) is 0 Å². The molecule has 12 heavy (non-hydrogen) atoms. The molecule has 0 aromatic carbocycles. The van der Waals surface area contributed by atoms with Crippen molar-refractivity contribution in [2.75, 3.05) is 14.2 Å². The summed E-state index contributed by atoms with van der Waals surface area (Å²) in [4.78, 5) is 22.4. The van der Waals surface area contributed by atoms with Crippen molar-refractivity contribution in [3.05, 3.63) is 0 Å². The highest BCUT2D eigenvalue weighted by Crippen LogP contribution is 2.35. The van der Waals surface area contributed by atoms with Gasteiger partial charge in [0.15, 0.2) is 0 Å². The van der Waals surface area contributed by atoms with Crippen LogP contribution >= 0.6 is 0 Å². The highest BCUT2D eigenvalue weighted by molar-refractivity contribution is 5.83. The van der Waals surface area contributed by atoms with Gasteiger partial charge in [0.1, 0.15) is 0 Å². The average Bonchev–Trinajstić information content (AvgIpc) is 2.22. The molecule has 0 radical (unpaired) electrons. The topological polar surface area (TPSA) is 52.6 Å². The van der Waals surface area contributed by atoms with E-state index in [1.807, 2.05) is 0 Å². The van der Waals surface area contributed by atoms with E-state index in [2.05, 4.69) is 9.47 Å². The van der Waals surface area contributed by atoms with Crippen LogP contribution in [0.15, 0.2) is 0 Å². The Kier molecular flexibility index (Phi) is 1.91. The molecule has 1 saturated carbocycles. The molecule has 4 nitrogen and oxygen atoms in total. The van der Waals surface area contributed by atoms with Crippen LogP contribution in [0.1, 0.15) is 15.6 Å². The molecule has 0 bridgehead atoms. The summed E-state index contributed by atoms with van der Waals surface area (Å²) in [5.74, 6) is -5.34. The summed E-state index contributed by atoms with van der Waals surface area (Å²) in [5.41, 5.74) is 0. The van der Waals surface area contributed by atoms with Crippen molar-refractivity contribution in [2.45, 2.75) is 12.8 Å². The highest BCUT2D eigenvalue weighted by Gasteiger charge is 2.42. The number of hydrogen-bond acceptors (Lipinski definition) is 4. The van der Waals surface area contributed by atoms with E-state index in [0.29, 0.717) is 0 Å². The summed E-state index contributed by atoms with van der Waals surface area (Å²) < 4.78 is 24.2. The van der Waals surface area contributed by atoms with Gasteiger partial charge in [-0.15, -0.1) is 0 Å². The monoisotopic (exact) mass is 174 g/mol. The van der Waals surface area contributed by atoms with Crippen molar-refractivity contribution in [2.24, 2.45) is 11.8 Å². The zero-order chi connectivity index (χ0) is 11.0.